The largest absolute Gasteiger partial charge is 0.481 e. The molecule has 1 amide bonds. The van der Waals surface area contributed by atoms with Gasteiger partial charge < -0.3 is 15.2 Å². The first-order chi connectivity index (χ1) is 9.60. The Morgan fingerprint density at radius 2 is 1.81 bits per heavy atom. The lowest BCUT2D eigenvalue weighted by Crippen LogP contribution is -2.36. The van der Waals surface area contributed by atoms with Crippen LogP contribution in [0.2, 0.25) is 0 Å². The van der Waals surface area contributed by atoms with Gasteiger partial charge in [0.05, 0.1) is 12.5 Å². The Balaban J connectivity index is 3.01. The summed E-state index contributed by atoms with van der Waals surface area (Å²) in [5.41, 5.74) is -1.32. The molecule has 0 heterocycles. The van der Waals surface area contributed by atoms with E-state index in [1.807, 2.05) is 0 Å². The first-order valence-corrected chi connectivity index (χ1v) is 6.25. The van der Waals surface area contributed by atoms with E-state index in [1.165, 1.54) is 0 Å². The lowest BCUT2D eigenvalue weighted by Gasteiger charge is -2.23. The summed E-state index contributed by atoms with van der Waals surface area (Å²) in [6, 6.07) is 1.77. The smallest absolute Gasteiger partial charge is 0.408 e. The van der Waals surface area contributed by atoms with Gasteiger partial charge in [-0.3, -0.25) is 4.79 Å². The standard InChI is InChI=1S/C14H17F2NO4/c1-14(2,3)21-13(20)17-10(7-11(18)19)12-8(15)5-4-6-9(12)16/h4-6,10H,7H2,1-3H3,(H,17,20)(H,18,19)/t10-/m0/s1. The Kier molecular flexibility index (Phi) is 5.23. The number of carbonyl (C=O) groups is 2. The minimum Gasteiger partial charge on any atom is -0.481 e. The highest BCUT2D eigenvalue weighted by Gasteiger charge is 2.26. The summed E-state index contributed by atoms with van der Waals surface area (Å²) >= 11 is 0. The highest BCUT2D eigenvalue weighted by Crippen LogP contribution is 2.24. The van der Waals surface area contributed by atoms with Crippen LogP contribution in [0.5, 0.6) is 0 Å². The van der Waals surface area contributed by atoms with E-state index in [4.69, 9.17) is 9.84 Å². The zero-order valence-corrected chi connectivity index (χ0v) is 11.9. The highest BCUT2D eigenvalue weighted by molar-refractivity contribution is 5.72. The fraction of sp³-hybridized carbons (Fsp3) is 0.429. The van der Waals surface area contributed by atoms with Crippen LogP contribution in [-0.4, -0.2) is 22.8 Å². The van der Waals surface area contributed by atoms with Crippen molar-refractivity contribution < 1.29 is 28.2 Å². The van der Waals surface area contributed by atoms with Gasteiger partial charge in [-0.15, -0.1) is 0 Å². The molecule has 1 rings (SSSR count). The molecule has 1 aromatic rings. The van der Waals surface area contributed by atoms with Crippen LogP contribution in [0.25, 0.3) is 0 Å². The van der Waals surface area contributed by atoms with Crippen LogP contribution >= 0.6 is 0 Å². The first-order valence-electron chi connectivity index (χ1n) is 6.25. The number of ether oxygens (including phenoxy) is 1. The number of carboxylic acid groups (broad SMARTS) is 1. The maximum absolute atomic E-state index is 13.7. The molecule has 21 heavy (non-hydrogen) atoms. The number of hydrogen-bond acceptors (Lipinski definition) is 3. The number of carbonyl (C=O) groups excluding carboxylic acids is 1. The van der Waals surface area contributed by atoms with Crippen molar-refractivity contribution in [2.75, 3.05) is 0 Å². The first kappa shape index (κ1) is 16.9. The molecule has 5 nitrogen and oxygen atoms in total. The van der Waals surface area contributed by atoms with Gasteiger partial charge in [0.1, 0.15) is 17.2 Å². The summed E-state index contributed by atoms with van der Waals surface area (Å²) in [6.45, 7) is 4.84. The molecule has 1 aromatic carbocycles. The Bertz CT molecular complexity index is 520. The Hall–Kier alpha value is -2.18. The van der Waals surface area contributed by atoms with Gasteiger partial charge in [-0.2, -0.15) is 0 Å². The molecule has 1 atom stereocenters. The quantitative estimate of drug-likeness (QED) is 0.896. The average Bonchev–Trinajstić information content (AvgIpc) is 2.24. The zero-order chi connectivity index (χ0) is 16.2. The Morgan fingerprint density at radius 3 is 2.24 bits per heavy atom. The molecule has 0 aromatic heterocycles. The van der Waals surface area contributed by atoms with Crippen LogP contribution in [0.4, 0.5) is 13.6 Å². The maximum Gasteiger partial charge on any atom is 0.408 e. The van der Waals surface area contributed by atoms with E-state index in [0.29, 0.717) is 0 Å². The molecule has 2 N–H and O–H groups in total. The van der Waals surface area contributed by atoms with Crippen LogP contribution in [-0.2, 0) is 9.53 Å². The molecule has 0 spiro atoms. The predicted octanol–water partition coefficient (Wildman–Crippen LogP) is 3.01. The Labute approximate surface area is 120 Å². The van der Waals surface area contributed by atoms with Crippen LogP contribution in [0.1, 0.15) is 38.8 Å². The SMILES string of the molecule is CC(C)(C)OC(=O)N[C@@H](CC(=O)O)c1c(F)cccc1F. The number of amides is 1. The van der Waals surface area contributed by atoms with Gasteiger partial charge in [0.15, 0.2) is 0 Å². The van der Waals surface area contributed by atoms with E-state index in [0.717, 1.165) is 18.2 Å². The maximum atomic E-state index is 13.7. The monoisotopic (exact) mass is 301 g/mol. The van der Waals surface area contributed by atoms with Crippen LogP contribution < -0.4 is 5.32 Å². The zero-order valence-electron chi connectivity index (χ0n) is 11.9. The second-order valence-corrected chi connectivity index (χ2v) is 5.43. The van der Waals surface area contributed by atoms with Crippen molar-refractivity contribution in [2.45, 2.75) is 38.8 Å². The van der Waals surface area contributed by atoms with E-state index in [2.05, 4.69) is 5.32 Å². The molecule has 0 bridgehead atoms. The molecule has 0 unspecified atom stereocenters. The van der Waals surface area contributed by atoms with Gasteiger partial charge in [0.25, 0.3) is 0 Å². The summed E-state index contributed by atoms with van der Waals surface area (Å²) in [4.78, 5) is 22.5. The summed E-state index contributed by atoms with van der Waals surface area (Å²) in [7, 11) is 0. The number of hydrogen-bond donors (Lipinski definition) is 2. The molecule has 116 valence electrons. The fourth-order valence-electron chi connectivity index (χ4n) is 1.69. The number of nitrogens with one attached hydrogen (secondary N) is 1. The summed E-state index contributed by atoms with van der Waals surface area (Å²) in [5, 5.41) is 11.0. The van der Waals surface area contributed by atoms with Crippen molar-refractivity contribution >= 4 is 12.1 Å². The van der Waals surface area contributed by atoms with Gasteiger partial charge >= 0.3 is 12.1 Å². The summed E-state index contributed by atoms with van der Waals surface area (Å²) < 4.78 is 32.4. The summed E-state index contributed by atoms with van der Waals surface area (Å²) in [5.74, 6) is -3.17. The van der Waals surface area contributed by atoms with Gasteiger partial charge in [-0.25, -0.2) is 13.6 Å². The van der Waals surface area contributed by atoms with Crippen LogP contribution in [0.15, 0.2) is 18.2 Å². The lowest BCUT2D eigenvalue weighted by molar-refractivity contribution is -0.137. The van der Waals surface area contributed by atoms with Crippen molar-refractivity contribution in [3.63, 3.8) is 0 Å². The van der Waals surface area contributed by atoms with Gasteiger partial charge in [-0.1, -0.05) is 6.07 Å². The van der Waals surface area contributed by atoms with Crippen LogP contribution in [0, 0.1) is 11.6 Å². The van der Waals surface area contributed by atoms with E-state index in [1.54, 1.807) is 20.8 Å². The second-order valence-electron chi connectivity index (χ2n) is 5.43. The van der Waals surface area contributed by atoms with Gasteiger partial charge in [0, 0.05) is 5.56 Å². The van der Waals surface area contributed by atoms with E-state index >= 15 is 0 Å². The summed E-state index contributed by atoms with van der Waals surface area (Å²) in [6.07, 6.45) is -1.62. The molecule has 0 radical (unpaired) electrons. The number of carboxylic acids is 1. The third-order valence-electron chi connectivity index (χ3n) is 2.42. The van der Waals surface area contributed by atoms with Gasteiger partial charge in [-0.05, 0) is 32.9 Å². The number of halogens is 2. The van der Waals surface area contributed by atoms with Crippen LogP contribution in [0.3, 0.4) is 0 Å². The number of aliphatic carboxylic acids is 1. The minimum atomic E-state index is -1.36. The molecule has 0 fully saturated rings. The topological polar surface area (TPSA) is 75.6 Å². The van der Waals surface area contributed by atoms with Crippen molar-refractivity contribution in [3.05, 3.63) is 35.4 Å². The number of alkyl carbamates (subject to hydrolysis) is 1. The number of benzene rings is 1. The van der Waals surface area contributed by atoms with E-state index < -0.39 is 47.3 Å². The Morgan fingerprint density at radius 1 is 1.29 bits per heavy atom. The molecule has 0 aliphatic heterocycles. The van der Waals surface area contributed by atoms with E-state index in [-0.39, 0.29) is 0 Å². The van der Waals surface area contributed by atoms with E-state index in [9.17, 15) is 18.4 Å². The van der Waals surface area contributed by atoms with Crippen molar-refractivity contribution in [1.29, 1.82) is 0 Å². The van der Waals surface area contributed by atoms with Gasteiger partial charge in [0.2, 0.25) is 0 Å². The van der Waals surface area contributed by atoms with Crippen molar-refractivity contribution in [1.82, 2.24) is 5.32 Å². The van der Waals surface area contributed by atoms with Crippen molar-refractivity contribution in [2.24, 2.45) is 0 Å². The molecular weight excluding hydrogens is 284 g/mol. The molecule has 0 saturated heterocycles. The molecular formula is C14H17F2NO4. The highest BCUT2D eigenvalue weighted by atomic mass is 19.1. The second kappa shape index (κ2) is 6.51. The number of rotatable bonds is 4. The minimum absolute atomic E-state index is 0.509. The molecule has 0 aliphatic rings. The predicted molar refractivity (Wildman–Crippen MR) is 70.7 cm³/mol. The third kappa shape index (κ3) is 5.37. The molecule has 0 saturated carbocycles. The normalized spacial score (nSPS) is 12.6. The molecule has 7 heteroatoms. The average molecular weight is 301 g/mol. The lowest BCUT2D eigenvalue weighted by atomic mass is 10.0. The third-order valence-corrected chi connectivity index (χ3v) is 2.42. The fourth-order valence-corrected chi connectivity index (χ4v) is 1.69. The van der Waals surface area contributed by atoms with Crippen molar-refractivity contribution in [3.8, 4) is 0 Å². The molecule has 0 aliphatic carbocycles.